The third-order valence-corrected chi connectivity index (χ3v) is 2.25. The van der Waals surface area contributed by atoms with Gasteiger partial charge in [0, 0.05) is 4.47 Å². The lowest BCUT2D eigenvalue weighted by Crippen LogP contribution is -1.83. The monoisotopic (exact) mass is 240 g/mol. The number of benzene rings is 1. The molecule has 0 saturated heterocycles. The molecule has 0 bridgehead atoms. The Balaban J connectivity index is 2.98. The van der Waals surface area contributed by atoms with Crippen LogP contribution in [0.4, 0.5) is 0 Å². The number of carbonyl (C=O) groups is 1. The Labute approximate surface area is 85.3 Å². The molecular formula is C10H9BrO2. The lowest BCUT2D eigenvalue weighted by atomic mass is 10.2. The van der Waals surface area contributed by atoms with Gasteiger partial charge in [0.05, 0.1) is 7.11 Å². The second kappa shape index (κ2) is 4.82. The van der Waals surface area contributed by atoms with Crippen LogP contribution in [0.25, 0.3) is 6.08 Å². The summed E-state index contributed by atoms with van der Waals surface area (Å²) in [7, 11) is 1.61. The van der Waals surface area contributed by atoms with Crippen LogP contribution >= 0.6 is 15.9 Å². The summed E-state index contributed by atoms with van der Waals surface area (Å²) in [5, 5.41) is 0. The molecule has 2 nitrogen and oxygen atoms in total. The van der Waals surface area contributed by atoms with Crippen LogP contribution in [0.1, 0.15) is 5.56 Å². The molecule has 0 aliphatic heterocycles. The fourth-order valence-corrected chi connectivity index (χ4v) is 1.40. The van der Waals surface area contributed by atoms with Gasteiger partial charge in [0.1, 0.15) is 12.0 Å². The van der Waals surface area contributed by atoms with Crippen LogP contribution in [0.2, 0.25) is 0 Å². The molecule has 0 aliphatic carbocycles. The maximum Gasteiger partial charge on any atom is 0.142 e. The smallest absolute Gasteiger partial charge is 0.142 e. The van der Waals surface area contributed by atoms with Crippen LogP contribution < -0.4 is 4.74 Å². The Bertz CT molecular complexity index is 332. The van der Waals surface area contributed by atoms with E-state index in [9.17, 15) is 4.79 Å². The van der Waals surface area contributed by atoms with Gasteiger partial charge in [-0.3, -0.25) is 4.79 Å². The minimum atomic E-state index is 0.747. The van der Waals surface area contributed by atoms with E-state index in [-0.39, 0.29) is 0 Å². The molecule has 0 N–H and O–H groups in total. The molecule has 0 fully saturated rings. The van der Waals surface area contributed by atoms with E-state index >= 15 is 0 Å². The number of halogens is 1. The number of rotatable bonds is 3. The van der Waals surface area contributed by atoms with Crippen molar-refractivity contribution in [2.24, 2.45) is 0 Å². The predicted molar refractivity (Wildman–Crippen MR) is 55.8 cm³/mol. The van der Waals surface area contributed by atoms with Crippen molar-refractivity contribution in [1.29, 1.82) is 0 Å². The summed E-state index contributed by atoms with van der Waals surface area (Å²) in [4.78, 5) is 10.1. The highest BCUT2D eigenvalue weighted by atomic mass is 79.9. The highest BCUT2D eigenvalue weighted by Gasteiger charge is 1.97. The van der Waals surface area contributed by atoms with Crippen molar-refractivity contribution in [3.8, 4) is 5.75 Å². The Hall–Kier alpha value is -1.09. The van der Waals surface area contributed by atoms with Crippen molar-refractivity contribution >= 4 is 28.3 Å². The summed E-state index contributed by atoms with van der Waals surface area (Å²) < 4.78 is 5.94. The van der Waals surface area contributed by atoms with Gasteiger partial charge in [-0.15, -0.1) is 0 Å². The fourth-order valence-electron chi connectivity index (χ4n) is 0.913. The van der Waals surface area contributed by atoms with Crippen molar-refractivity contribution in [2.45, 2.75) is 0 Å². The van der Waals surface area contributed by atoms with Crippen LogP contribution in [0.3, 0.4) is 0 Å². The molecule has 0 heterocycles. The van der Waals surface area contributed by atoms with Gasteiger partial charge < -0.3 is 4.74 Å². The molecule has 1 aromatic rings. The number of ether oxygens (including phenoxy) is 1. The highest BCUT2D eigenvalue weighted by Crippen LogP contribution is 2.23. The number of hydrogen-bond donors (Lipinski definition) is 0. The zero-order valence-corrected chi connectivity index (χ0v) is 8.74. The molecular weight excluding hydrogens is 232 g/mol. The summed E-state index contributed by atoms with van der Waals surface area (Å²) in [5.74, 6) is 0.787. The van der Waals surface area contributed by atoms with Crippen LogP contribution in [-0.4, -0.2) is 13.4 Å². The second-order valence-corrected chi connectivity index (χ2v) is 3.24. The number of carbonyl (C=O) groups excluding carboxylic acids is 1. The average molecular weight is 241 g/mol. The standard InChI is InChI=1S/C10H9BrO2/c1-13-9-5-4-8(3-2-6-12)10(11)7-9/h2-7H,1H3. The van der Waals surface area contributed by atoms with Crippen LogP contribution in [-0.2, 0) is 4.79 Å². The number of aldehydes is 1. The second-order valence-electron chi connectivity index (χ2n) is 2.38. The molecule has 0 amide bonds. The molecule has 1 aromatic carbocycles. The van der Waals surface area contributed by atoms with Gasteiger partial charge in [0.25, 0.3) is 0 Å². The molecule has 0 aliphatic rings. The van der Waals surface area contributed by atoms with E-state index in [0.717, 1.165) is 22.1 Å². The summed E-state index contributed by atoms with van der Waals surface area (Å²) in [6.45, 7) is 0. The average Bonchev–Trinajstić information content (AvgIpc) is 2.16. The van der Waals surface area contributed by atoms with E-state index in [2.05, 4.69) is 15.9 Å². The first-order valence-corrected chi connectivity index (χ1v) is 4.52. The van der Waals surface area contributed by atoms with E-state index in [1.54, 1.807) is 13.2 Å². The Morgan fingerprint density at radius 1 is 1.46 bits per heavy atom. The van der Waals surface area contributed by atoms with E-state index in [1.807, 2.05) is 18.2 Å². The minimum Gasteiger partial charge on any atom is -0.497 e. The van der Waals surface area contributed by atoms with E-state index in [0.29, 0.717) is 0 Å². The minimum absolute atomic E-state index is 0.747. The van der Waals surface area contributed by atoms with Crippen LogP contribution in [0.5, 0.6) is 5.75 Å². The van der Waals surface area contributed by atoms with E-state index in [1.165, 1.54) is 6.08 Å². The molecule has 0 radical (unpaired) electrons. The SMILES string of the molecule is COc1ccc(C=CC=O)c(Br)c1. The largest absolute Gasteiger partial charge is 0.497 e. The molecule has 0 spiro atoms. The van der Waals surface area contributed by atoms with Gasteiger partial charge in [-0.1, -0.05) is 28.1 Å². The van der Waals surface area contributed by atoms with Crippen LogP contribution in [0.15, 0.2) is 28.7 Å². The summed E-state index contributed by atoms with van der Waals surface area (Å²) >= 11 is 3.37. The van der Waals surface area contributed by atoms with Gasteiger partial charge in [0.15, 0.2) is 0 Å². The predicted octanol–water partition coefficient (Wildman–Crippen LogP) is 2.67. The molecule has 1 rings (SSSR count). The van der Waals surface area contributed by atoms with Crippen molar-refractivity contribution in [1.82, 2.24) is 0 Å². The van der Waals surface area contributed by atoms with Crippen LogP contribution in [0, 0.1) is 0 Å². The first-order chi connectivity index (χ1) is 6.27. The molecule has 0 saturated carbocycles. The first kappa shape index (κ1) is 9.99. The molecule has 0 aromatic heterocycles. The molecule has 68 valence electrons. The molecule has 13 heavy (non-hydrogen) atoms. The van der Waals surface area contributed by atoms with Crippen molar-refractivity contribution in [3.63, 3.8) is 0 Å². The maximum absolute atomic E-state index is 10.1. The number of methoxy groups -OCH3 is 1. The summed E-state index contributed by atoms with van der Waals surface area (Å²) in [5.41, 5.74) is 0.952. The Morgan fingerprint density at radius 2 is 2.23 bits per heavy atom. The van der Waals surface area contributed by atoms with Gasteiger partial charge >= 0.3 is 0 Å². The molecule has 0 unspecified atom stereocenters. The van der Waals surface area contributed by atoms with E-state index in [4.69, 9.17) is 4.74 Å². The Kier molecular flexibility index (Phi) is 3.71. The summed E-state index contributed by atoms with van der Waals surface area (Å²) in [6.07, 6.45) is 3.93. The van der Waals surface area contributed by atoms with Gasteiger partial charge in [-0.2, -0.15) is 0 Å². The van der Waals surface area contributed by atoms with Crippen molar-refractivity contribution in [2.75, 3.05) is 7.11 Å². The first-order valence-electron chi connectivity index (χ1n) is 3.73. The summed E-state index contributed by atoms with van der Waals surface area (Å²) in [6, 6.07) is 5.57. The van der Waals surface area contributed by atoms with Gasteiger partial charge in [-0.05, 0) is 23.8 Å². The third kappa shape index (κ3) is 2.70. The third-order valence-electron chi connectivity index (χ3n) is 1.56. The van der Waals surface area contributed by atoms with E-state index < -0.39 is 0 Å². The highest BCUT2D eigenvalue weighted by molar-refractivity contribution is 9.10. The maximum atomic E-state index is 10.1. The lowest BCUT2D eigenvalue weighted by Gasteiger charge is -2.02. The number of hydrogen-bond acceptors (Lipinski definition) is 2. The molecule has 3 heteroatoms. The zero-order chi connectivity index (χ0) is 9.68. The van der Waals surface area contributed by atoms with Gasteiger partial charge in [0.2, 0.25) is 0 Å². The zero-order valence-electron chi connectivity index (χ0n) is 7.16. The number of allylic oxidation sites excluding steroid dienone is 1. The lowest BCUT2D eigenvalue weighted by molar-refractivity contribution is -0.104. The fraction of sp³-hybridized carbons (Fsp3) is 0.100. The quantitative estimate of drug-likeness (QED) is 0.600. The van der Waals surface area contributed by atoms with Gasteiger partial charge in [-0.25, -0.2) is 0 Å². The van der Waals surface area contributed by atoms with Crippen molar-refractivity contribution < 1.29 is 9.53 Å². The normalized spacial score (nSPS) is 10.3. The topological polar surface area (TPSA) is 26.3 Å². The molecule has 0 atom stereocenters. The Morgan fingerprint density at radius 3 is 2.77 bits per heavy atom. The van der Waals surface area contributed by atoms with Crippen molar-refractivity contribution in [3.05, 3.63) is 34.3 Å².